The van der Waals surface area contributed by atoms with Crippen LogP contribution in [0.4, 0.5) is 0 Å². The number of methoxy groups -OCH3 is 1. The number of hydrogen-bond donors (Lipinski definition) is 1. The minimum absolute atomic E-state index is 0.0567. The van der Waals surface area contributed by atoms with E-state index in [1.807, 2.05) is 0 Å². The molecule has 2 amide bonds. The number of piperidine rings is 1. The first kappa shape index (κ1) is 16.4. The van der Waals surface area contributed by atoms with Crippen LogP contribution in [-0.4, -0.2) is 72.6 Å². The molecule has 0 saturated carbocycles. The Morgan fingerprint density at radius 3 is 2.65 bits per heavy atom. The van der Waals surface area contributed by atoms with Crippen molar-refractivity contribution in [2.24, 2.45) is 5.92 Å². The number of aliphatic carboxylic acids is 1. The molecule has 0 radical (unpaired) electrons. The van der Waals surface area contributed by atoms with E-state index in [1.54, 1.807) is 6.92 Å². The molecule has 7 heteroatoms. The fourth-order valence-electron chi connectivity index (χ4n) is 2.20. The summed E-state index contributed by atoms with van der Waals surface area (Å²) < 4.78 is 4.91. The van der Waals surface area contributed by atoms with Gasteiger partial charge in [0.05, 0.1) is 12.5 Å². The van der Waals surface area contributed by atoms with E-state index in [4.69, 9.17) is 9.84 Å². The van der Waals surface area contributed by atoms with Crippen molar-refractivity contribution in [3.63, 3.8) is 0 Å². The van der Waals surface area contributed by atoms with Crippen LogP contribution in [0.15, 0.2) is 0 Å². The minimum atomic E-state index is -0.875. The highest BCUT2D eigenvalue weighted by Crippen LogP contribution is 2.16. The maximum Gasteiger partial charge on any atom is 0.308 e. The van der Waals surface area contributed by atoms with Gasteiger partial charge in [0.25, 0.3) is 5.91 Å². The molecule has 0 bridgehead atoms. The highest BCUT2D eigenvalue weighted by molar-refractivity contribution is 5.87. The number of likely N-dealkylation sites (tertiary alicyclic amines) is 1. The monoisotopic (exact) mass is 286 g/mol. The molecule has 7 nitrogen and oxygen atoms in total. The maximum atomic E-state index is 12.1. The summed E-state index contributed by atoms with van der Waals surface area (Å²) in [5, 5.41) is 8.99. The summed E-state index contributed by atoms with van der Waals surface area (Å²) in [5.41, 5.74) is 0. The van der Waals surface area contributed by atoms with E-state index in [0.29, 0.717) is 19.4 Å². The third-order valence-corrected chi connectivity index (χ3v) is 3.57. The molecule has 1 aliphatic heterocycles. The first-order chi connectivity index (χ1) is 9.36. The van der Waals surface area contributed by atoms with Crippen molar-refractivity contribution in [3.05, 3.63) is 0 Å². The summed E-state index contributed by atoms with van der Waals surface area (Å²) in [7, 11) is 2.97. The highest BCUT2D eigenvalue weighted by atomic mass is 16.5. The lowest BCUT2D eigenvalue weighted by atomic mass is 9.98. The Kier molecular flexibility index (Phi) is 5.94. The van der Waals surface area contributed by atoms with E-state index in [2.05, 4.69) is 0 Å². The second-order valence-corrected chi connectivity index (χ2v) is 5.09. The number of carbonyl (C=O) groups is 3. The van der Waals surface area contributed by atoms with E-state index < -0.39 is 18.0 Å². The van der Waals surface area contributed by atoms with Crippen molar-refractivity contribution in [3.8, 4) is 0 Å². The molecular weight excluding hydrogens is 264 g/mol. The van der Waals surface area contributed by atoms with Crippen LogP contribution in [0.25, 0.3) is 0 Å². The zero-order chi connectivity index (χ0) is 15.3. The van der Waals surface area contributed by atoms with Crippen LogP contribution in [0.1, 0.15) is 19.8 Å². The molecule has 0 aromatic rings. The Labute approximate surface area is 118 Å². The lowest BCUT2D eigenvalue weighted by Crippen LogP contribution is -2.48. The van der Waals surface area contributed by atoms with Crippen LogP contribution in [0.3, 0.4) is 0 Å². The van der Waals surface area contributed by atoms with E-state index in [-0.39, 0.29) is 24.9 Å². The minimum Gasteiger partial charge on any atom is -0.481 e. The number of ether oxygens (including phenoxy) is 1. The van der Waals surface area contributed by atoms with Gasteiger partial charge in [0.15, 0.2) is 0 Å². The van der Waals surface area contributed by atoms with Crippen molar-refractivity contribution in [2.45, 2.75) is 25.9 Å². The van der Waals surface area contributed by atoms with Gasteiger partial charge in [0.2, 0.25) is 5.91 Å². The Bertz CT molecular complexity index is 385. The van der Waals surface area contributed by atoms with Crippen LogP contribution < -0.4 is 0 Å². The molecule has 1 saturated heterocycles. The van der Waals surface area contributed by atoms with Gasteiger partial charge in [-0.2, -0.15) is 0 Å². The molecule has 1 heterocycles. The van der Waals surface area contributed by atoms with Gasteiger partial charge >= 0.3 is 5.97 Å². The second-order valence-electron chi connectivity index (χ2n) is 5.09. The van der Waals surface area contributed by atoms with Crippen LogP contribution in [0.5, 0.6) is 0 Å². The van der Waals surface area contributed by atoms with Gasteiger partial charge < -0.3 is 19.6 Å². The Hall–Kier alpha value is -1.63. The van der Waals surface area contributed by atoms with E-state index in [0.717, 1.165) is 0 Å². The van der Waals surface area contributed by atoms with Gasteiger partial charge in [0.1, 0.15) is 6.10 Å². The third kappa shape index (κ3) is 4.19. The predicted octanol–water partition coefficient (Wildman–Crippen LogP) is -0.197. The number of amides is 2. The number of nitrogens with zero attached hydrogens (tertiary/aromatic N) is 2. The SMILES string of the molecule is COC(C)C(=O)N(C)CC(=O)N1CCCC(C(=O)O)C1. The standard InChI is InChI=1S/C13H22N2O5/c1-9(20-3)12(17)14(2)8-11(16)15-6-4-5-10(7-15)13(18)19/h9-10H,4-8H2,1-3H3,(H,18,19). The predicted molar refractivity (Wildman–Crippen MR) is 71.0 cm³/mol. The third-order valence-electron chi connectivity index (χ3n) is 3.57. The van der Waals surface area contributed by atoms with Crippen molar-refractivity contribution >= 4 is 17.8 Å². The lowest BCUT2D eigenvalue weighted by molar-refractivity contribution is -0.149. The molecular formula is C13H22N2O5. The topological polar surface area (TPSA) is 87.2 Å². The summed E-state index contributed by atoms with van der Waals surface area (Å²) in [4.78, 5) is 37.7. The first-order valence-electron chi connectivity index (χ1n) is 6.65. The van der Waals surface area contributed by atoms with Gasteiger partial charge in [-0.05, 0) is 19.8 Å². The molecule has 2 unspecified atom stereocenters. The van der Waals surface area contributed by atoms with Gasteiger partial charge in [-0.3, -0.25) is 14.4 Å². The molecule has 2 atom stereocenters. The zero-order valence-corrected chi connectivity index (χ0v) is 12.2. The van der Waals surface area contributed by atoms with Gasteiger partial charge in [-0.15, -0.1) is 0 Å². The van der Waals surface area contributed by atoms with Gasteiger partial charge in [-0.1, -0.05) is 0 Å². The number of carboxylic acids is 1. The Morgan fingerprint density at radius 2 is 2.10 bits per heavy atom. The molecule has 1 fully saturated rings. The Balaban J connectivity index is 2.53. The quantitative estimate of drug-likeness (QED) is 0.756. The molecule has 0 aromatic heterocycles. The maximum absolute atomic E-state index is 12.1. The average Bonchev–Trinajstić information content (AvgIpc) is 2.45. The summed E-state index contributed by atoms with van der Waals surface area (Å²) in [5.74, 6) is -1.88. The number of likely N-dealkylation sites (N-methyl/N-ethyl adjacent to an activating group) is 1. The fourth-order valence-corrected chi connectivity index (χ4v) is 2.20. The van der Waals surface area contributed by atoms with Crippen LogP contribution >= 0.6 is 0 Å². The number of carboxylic acid groups (broad SMARTS) is 1. The van der Waals surface area contributed by atoms with Crippen LogP contribution in [0.2, 0.25) is 0 Å². The van der Waals surface area contributed by atoms with Crippen molar-refractivity contribution in [1.29, 1.82) is 0 Å². The molecule has 1 N–H and O–H groups in total. The largest absolute Gasteiger partial charge is 0.481 e. The normalized spacial score (nSPS) is 20.4. The second kappa shape index (κ2) is 7.23. The summed E-state index contributed by atoms with van der Waals surface area (Å²) in [6.07, 6.45) is 0.671. The van der Waals surface area contributed by atoms with Gasteiger partial charge in [0, 0.05) is 27.2 Å². The Morgan fingerprint density at radius 1 is 1.45 bits per heavy atom. The molecule has 1 aliphatic rings. The van der Waals surface area contributed by atoms with E-state index >= 15 is 0 Å². The first-order valence-corrected chi connectivity index (χ1v) is 6.65. The number of carbonyl (C=O) groups excluding carboxylic acids is 2. The molecule has 114 valence electrons. The average molecular weight is 286 g/mol. The molecule has 0 spiro atoms. The summed E-state index contributed by atoms with van der Waals surface area (Å²) in [6, 6.07) is 0. The van der Waals surface area contributed by atoms with Crippen molar-refractivity contribution in [2.75, 3.05) is 33.8 Å². The summed E-state index contributed by atoms with van der Waals surface area (Å²) in [6.45, 7) is 2.32. The van der Waals surface area contributed by atoms with Crippen LogP contribution in [-0.2, 0) is 19.1 Å². The highest BCUT2D eigenvalue weighted by Gasteiger charge is 2.29. The van der Waals surface area contributed by atoms with Crippen molar-refractivity contribution in [1.82, 2.24) is 9.80 Å². The number of hydrogen-bond acceptors (Lipinski definition) is 4. The van der Waals surface area contributed by atoms with E-state index in [1.165, 1.54) is 24.0 Å². The molecule has 0 aliphatic carbocycles. The van der Waals surface area contributed by atoms with Gasteiger partial charge in [-0.25, -0.2) is 0 Å². The fraction of sp³-hybridized carbons (Fsp3) is 0.769. The summed E-state index contributed by atoms with van der Waals surface area (Å²) >= 11 is 0. The van der Waals surface area contributed by atoms with E-state index in [9.17, 15) is 14.4 Å². The smallest absolute Gasteiger partial charge is 0.308 e. The molecule has 20 heavy (non-hydrogen) atoms. The molecule has 0 aromatic carbocycles. The van der Waals surface area contributed by atoms with Crippen LogP contribution in [0, 0.1) is 5.92 Å². The molecule has 1 rings (SSSR count). The lowest BCUT2D eigenvalue weighted by Gasteiger charge is -2.32. The van der Waals surface area contributed by atoms with Crippen molar-refractivity contribution < 1.29 is 24.2 Å². The number of rotatable bonds is 5. The zero-order valence-electron chi connectivity index (χ0n) is 12.2.